The van der Waals surface area contributed by atoms with E-state index in [-0.39, 0.29) is 29.2 Å². The summed E-state index contributed by atoms with van der Waals surface area (Å²) in [6.07, 6.45) is 1.57. The van der Waals surface area contributed by atoms with Crippen LogP contribution in [0.15, 0.2) is 63.9 Å². The average Bonchev–Trinajstić information content (AvgIpc) is 3.07. The van der Waals surface area contributed by atoms with Crippen molar-refractivity contribution in [2.45, 2.75) is 6.54 Å². The van der Waals surface area contributed by atoms with Crippen LogP contribution >= 0.6 is 0 Å². The van der Waals surface area contributed by atoms with Crippen LogP contribution in [0.5, 0.6) is 0 Å². The van der Waals surface area contributed by atoms with Gasteiger partial charge in [-0.15, -0.1) is 0 Å². The van der Waals surface area contributed by atoms with Crippen molar-refractivity contribution in [2.24, 2.45) is 0 Å². The fraction of sp³-hybridized carbons (Fsp3) is 0.0588. The van der Waals surface area contributed by atoms with E-state index in [1.165, 1.54) is 22.8 Å². The number of carbonyl (C=O) groups excluding carboxylic acids is 1. The van der Waals surface area contributed by atoms with Gasteiger partial charge in [-0.1, -0.05) is 6.07 Å². The van der Waals surface area contributed by atoms with Gasteiger partial charge in [-0.25, -0.2) is 4.39 Å². The molecule has 2 aromatic heterocycles. The summed E-state index contributed by atoms with van der Waals surface area (Å²) in [6.45, 7) is 0.123. The molecule has 1 aromatic carbocycles. The molecule has 0 saturated carbocycles. The number of nitrogens with one attached hydrogen (secondary N) is 1. The van der Waals surface area contributed by atoms with Crippen LogP contribution in [0, 0.1) is 15.9 Å². The van der Waals surface area contributed by atoms with Gasteiger partial charge in [-0.3, -0.25) is 19.7 Å². The summed E-state index contributed by atoms with van der Waals surface area (Å²) in [7, 11) is 0. The van der Waals surface area contributed by atoms with Crippen LogP contribution in [0.3, 0.4) is 0 Å². The number of carbonyl (C=O) groups is 1. The number of anilines is 1. The lowest BCUT2D eigenvalue weighted by atomic mass is 10.2. The second-order valence-corrected chi connectivity index (χ2v) is 5.31. The van der Waals surface area contributed by atoms with E-state index in [1.54, 1.807) is 18.3 Å². The molecule has 9 heteroatoms. The molecule has 0 unspecified atom stereocenters. The Kier molecular flexibility index (Phi) is 4.61. The summed E-state index contributed by atoms with van der Waals surface area (Å²) in [4.78, 5) is 33.9. The standard InChI is InChI=1S/C17H12FN3O5/c18-13-6-4-11(21(24)25)9-14(13)19-17(23)15-7-5-12(26-15)10-20-8-2-1-3-16(20)22/h1-9H,10H2,(H,19,23). The van der Waals surface area contributed by atoms with Gasteiger partial charge in [-0.05, 0) is 24.3 Å². The molecule has 0 radical (unpaired) electrons. The number of pyridine rings is 1. The molecule has 2 heterocycles. The van der Waals surface area contributed by atoms with Crippen molar-refractivity contribution >= 4 is 17.3 Å². The Labute approximate surface area is 145 Å². The lowest BCUT2D eigenvalue weighted by molar-refractivity contribution is -0.384. The van der Waals surface area contributed by atoms with Gasteiger partial charge in [-0.2, -0.15) is 0 Å². The molecule has 132 valence electrons. The van der Waals surface area contributed by atoms with E-state index in [0.717, 1.165) is 18.2 Å². The number of amides is 1. The minimum atomic E-state index is -0.813. The first-order chi connectivity index (χ1) is 12.4. The van der Waals surface area contributed by atoms with Gasteiger partial charge in [0.25, 0.3) is 17.2 Å². The van der Waals surface area contributed by atoms with Crippen molar-refractivity contribution < 1.29 is 18.5 Å². The largest absolute Gasteiger partial charge is 0.454 e. The maximum absolute atomic E-state index is 13.7. The van der Waals surface area contributed by atoms with Crippen LogP contribution < -0.4 is 10.9 Å². The highest BCUT2D eigenvalue weighted by molar-refractivity contribution is 6.02. The number of furan rings is 1. The predicted octanol–water partition coefficient (Wildman–Crippen LogP) is 2.79. The summed E-state index contributed by atoms with van der Waals surface area (Å²) < 4.78 is 20.5. The zero-order chi connectivity index (χ0) is 18.7. The van der Waals surface area contributed by atoms with E-state index >= 15 is 0 Å². The fourth-order valence-corrected chi connectivity index (χ4v) is 2.25. The lowest BCUT2D eigenvalue weighted by Gasteiger charge is -2.05. The molecular formula is C17H12FN3O5. The number of nitro benzene ring substituents is 1. The molecular weight excluding hydrogens is 345 g/mol. The first-order valence-corrected chi connectivity index (χ1v) is 7.43. The molecule has 1 N–H and O–H groups in total. The molecule has 3 aromatic rings. The van der Waals surface area contributed by atoms with E-state index in [1.807, 2.05) is 0 Å². The highest BCUT2D eigenvalue weighted by Gasteiger charge is 2.16. The van der Waals surface area contributed by atoms with Crippen molar-refractivity contribution in [2.75, 3.05) is 5.32 Å². The van der Waals surface area contributed by atoms with Gasteiger partial charge in [0, 0.05) is 24.4 Å². The summed E-state index contributed by atoms with van der Waals surface area (Å²) in [5.41, 5.74) is -0.916. The van der Waals surface area contributed by atoms with Gasteiger partial charge in [0.05, 0.1) is 17.2 Å². The van der Waals surface area contributed by atoms with Crippen LogP contribution in [-0.2, 0) is 6.54 Å². The molecule has 8 nitrogen and oxygen atoms in total. The quantitative estimate of drug-likeness (QED) is 0.558. The summed E-state index contributed by atoms with van der Waals surface area (Å²) >= 11 is 0. The number of nitrogens with zero attached hydrogens (tertiary/aromatic N) is 2. The van der Waals surface area contributed by atoms with E-state index in [0.29, 0.717) is 5.76 Å². The molecule has 0 bridgehead atoms. The van der Waals surface area contributed by atoms with Crippen LogP contribution in [-0.4, -0.2) is 15.4 Å². The molecule has 0 fully saturated rings. The van der Waals surface area contributed by atoms with Gasteiger partial charge in [0.15, 0.2) is 5.76 Å². The minimum Gasteiger partial charge on any atom is -0.454 e. The van der Waals surface area contributed by atoms with Crippen LogP contribution in [0.1, 0.15) is 16.3 Å². The second-order valence-electron chi connectivity index (χ2n) is 5.31. The monoisotopic (exact) mass is 357 g/mol. The van der Waals surface area contributed by atoms with Crippen molar-refractivity contribution in [3.63, 3.8) is 0 Å². The Morgan fingerprint density at radius 2 is 2.04 bits per heavy atom. The molecule has 1 amide bonds. The Morgan fingerprint density at radius 1 is 1.23 bits per heavy atom. The summed E-state index contributed by atoms with van der Waals surface area (Å²) in [5.74, 6) is -1.35. The molecule has 26 heavy (non-hydrogen) atoms. The maximum Gasteiger partial charge on any atom is 0.291 e. The average molecular weight is 357 g/mol. The van der Waals surface area contributed by atoms with E-state index in [9.17, 15) is 24.1 Å². The fourth-order valence-electron chi connectivity index (χ4n) is 2.25. The second kappa shape index (κ2) is 7.01. The highest BCUT2D eigenvalue weighted by atomic mass is 19.1. The maximum atomic E-state index is 13.7. The number of benzene rings is 1. The number of hydrogen-bond acceptors (Lipinski definition) is 5. The Bertz CT molecular complexity index is 1040. The zero-order valence-electron chi connectivity index (χ0n) is 13.2. The number of rotatable bonds is 5. The molecule has 0 aliphatic rings. The predicted molar refractivity (Wildman–Crippen MR) is 89.5 cm³/mol. The first-order valence-electron chi connectivity index (χ1n) is 7.43. The molecule has 3 rings (SSSR count). The Morgan fingerprint density at radius 3 is 2.77 bits per heavy atom. The van der Waals surface area contributed by atoms with Crippen molar-refractivity contribution in [1.29, 1.82) is 0 Å². The van der Waals surface area contributed by atoms with E-state index in [2.05, 4.69) is 5.32 Å². The number of hydrogen-bond donors (Lipinski definition) is 1. The molecule has 0 aliphatic heterocycles. The van der Waals surface area contributed by atoms with Gasteiger partial charge < -0.3 is 14.3 Å². The molecule has 0 saturated heterocycles. The van der Waals surface area contributed by atoms with Gasteiger partial charge in [0.1, 0.15) is 11.6 Å². The molecule has 0 spiro atoms. The third kappa shape index (κ3) is 3.66. The number of non-ortho nitro benzene ring substituents is 1. The minimum absolute atomic E-state index is 0.116. The van der Waals surface area contributed by atoms with E-state index in [4.69, 9.17) is 4.42 Å². The SMILES string of the molecule is O=C(Nc1cc([N+](=O)[O-])ccc1F)c1ccc(Cn2ccccc2=O)o1. The molecule has 0 aliphatic carbocycles. The first kappa shape index (κ1) is 17.1. The Balaban J connectivity index is 1.77. The summed E-state index contributed by atoms with van der Waals surface area (Å²) in [5, 5.41) is 13.0. The smallest absolute Gasteiger partial charge is 0.291 e. The normalized spacial score (nSPS) is 10.5. The third-order valence-corrected chi connectivity index (χ3v) is 3.52. The van der Waals surface area contributed by atoms with Gasteiger partial charge in [0.2, 0.25) is 0 Å². The zero-order valence-corrected chi connectivity index (χ0v) is 13.2. The summed E-state index contributed by atoms with van der Waals surface area (Å²) in [6, 6.07) is 10.4. The van der Waals surface area contributed by atoms with Crippen LogP contribution in [0.25, 0.3) is 0 Å². The van der Waals surface area contributed by atoms with Crippen molar-refractivity contribution in [1.82, 2.24) is 4.57 Å². The number of halogens is 1. The number of nitro groups is 1. The van der Waals surface area contributed by atoms with E-state index < -0.39 is 16.6 Å². The lowest BCUT2D eigenvalue weighted by Crippen LogP contribution is -2.18. The number of aromatic nitrogens is 1. The molecule has 0 atom stereocenters. The highest BCUT2D eigenvalue weighted by Crippen LogP contribution is 2.22. The Hall–Kier alpha value is -3.75. The van der Waals surface area contributed by atoms with Crippen molar-refractivity contribution in [3.05, 3.63) is 92.5 Å². The third-order valence-electron chi connectivity index (χ3n) is 3.52. The van der Waals surface area contributed by atoms with Crippen LogP contribution in [0.4, 0.5) is 15.8 Å². The van der Waals surface area contributed by atoms with Crippen molar-refractivity contribution in [3.8, 4) is 0 Å². The topological polar surface area (TPSA) is 107 Å². The van der Waals surface area contributed by atoms with Gasteiger partial charge >= 0.3 is 0 Å². The van der Waals surface area contributed by atoms with Crippen LogP contribution in [0.2, 0.25) is 0 Å².